The van der Waals surface area contributed by atoms with Crippen LogP contribution in [0.25, 0.3) is 0 Å². The van der Waals surface area contributed by atoms with Crippen LogP contribution < -0.4 is 5.32 Å². The minimum atomic E-state index is 0.279. The van der Waals surface area contributed by atoms with Crippen LogP contribution in [-0.4, -0.2) is 11.1 Å². The van der Waals surface area contributed by atoms with E-state index in [2.05, 4.69) is 33.0 Å². The maximum Gasteiger partial charge on any atom is 0.115 e. The second-order valence-electron chi connectivity index (χ2n) is 5.01. The zero-order chi connectivity index (χ0) is 12.1. The molecule has 0 aliphatic carbocycles. The minimum absolute atomic E-state index is 0.279. The van der Waals surface area contributed by atoms with E-state index in [1.807, 2.05) is 18.2 Å². The molecule has 0 bridgehead atoms. The first-order valence-corrected chi connectivity index (χ1v) is 6.04. The highest BCUT2D eigenvalue weighted by Crippen LogP contribution is 2.19. The van der Waals surface area contributed by atoms with Gasteiger partial charge in [0, 0.05) is 12.1 Å². The summed E-state index contributed by atoms with van der Waals surface area (Å²) in [6.45, 7) is 8.80. The van der Waals surface area contributed by atoms with Gasteiger partial charge in [0.2, 0.25) is 0 Å². The van der Waals surface area contributed by atoms with Gasteiger partial charge in [-0.1, -0.05) is 26.0 Å². The van der Waals surface area contributed by atoms with Gasteiger partial charge < -0.3 is 10.4 Å². The molecule has 0 fully saturated rings. The monoisotopic (exact) mass is 221 g/mol. The molecule has 0 radical (unpaired) electrons. The molecule has 0 saturated carbocycles. The summed E-state index contributed by atoms with van der Waals surface area (Å²) in [5.74, 6) is 1.04. The topological polar surface area (TPSA) is 32.3 Å². The summed E-state index contributed by atoms with van der Waals surface area (Å²) >= 11 is 0. The zero-order valence-corrected chi connectivity index (χ0v) is 10.7. The molecule has 1 aromatic rings. The van der Waals surface area contributed by atoms with E-state index >= 15 is 0 Å². The number of rotatable bonds is 5. The molecule has 0 aromatic heterocycles. The van der Waals surface area contributed by atoms with Crippen molar-refractivity contribution in [1.82, 2.24) is 5.32 Å². The summed E-state index contributed by atoms with van der Waals surface area (Å²) < 4.78 is 0. The van der Waals surface area contributed by atoms with Crippen molar-refractivity contribution in [1.29, 1.82) is 0 Å². The molecule has 16 heavy (non-hydrogen) atoms. The van der Waals surface area contributed by atoms with Gasteiger partial charge in [0.15, 0.2) is 0 Å². The van der Waals surface area contributed by atoms with Crippen molar-refractivity contribution in [3.05, 3.63) is 29.8 Å². The third-order valence-electron chi connectivity index (χ3n) is 2.73. The molecule has 1 aromatic carbocycles. The zero-order valence-electron chi connectivity index (χ0n) is 10.7. The number of benzene rings is 1. The van der Waals surface area contributed by atoms with Gasteiger partial charge in [-0.2, -0.15) is 0 Å². The molecule has 0 aliphatic heterocycles. The molecule has 2 unspecified atom stereocenters. The van der Waals surface area contributed by atoms with Gasteiger partial charge in [-0.25, -0.2) is 0 Å². The molecule has 0 aliphatic rings. The number of phenols is 1. The van der Waals surface area contributed by atoms with Crippen LogP contribution in [-0.2, 0) is 0 Å². The first-order chi connectivity index (χ1) is 7.49. The van der Waals surface area contributed by atoms with E-state index in [9.17, 15) is 5.11 Å². The van der Waals surface area contributed by atoms with Crippen molar-refractivity contribution in [2.45, 2.75) is 46.2 Å². The molecule has 90 valence electrons. The van der Waals surface area contributed by atoms with Crippen LogP contribution in [0.3, 0.4) is 0 Å². The predicted molar refractivity (Wildman–Crippen MR) is 68.6 cm³/mol. The van der Waals surface area contributed by atoms with Crippen LogP contribution in [0.15, 0.2) is 24.3 Å². The molecule has 0 heterocycles. The molecule has 0 saturated heterocycles. The van der Waals surface area contributed by atoms with E-state index < -0.39 is 0 Å². The van der Waals surface area contributed by atoms with Crippen molar-refractivity contribution in [2.24, 2.45) is 5.92 Å². The largest absolute Gasteiger partial charge is 0.508 e. The van der Waals surface area contributed by atoms with E-state index in [-0.39, 0.29) is 6.04 Å². The smallest absolute Gasteiger partial charge is 0.115 e. The number of hydrogen-bond donors (Lipinski definition) is 2. The lowest BCUT2D eigenvalue weighted by Gasteiger charge is -2.21. The molecule has 2 nitrogen and oxygen atoms in total. The van der Waals surface area contributed by atoms with E-state index in [4.69, 9.17) is 0 Å². The number of phenolic OH excluding ortho intramolecular Hbond substituents is 1. The van der Waals surface area contributed by atoms with Crippen molar-refractivity contribution < 1.29 is 5.11 Å². The number of aromatic hydroxyl groups is 1. The van der Waals surface area contributed by atoms with Crippen molar-refractivity contribution in [3.8, 4) is 5.75 Å². The molecule has 2 N–H and O–H groups in total. The molecule has 2 heteroatoms. The summed E-state index contributed by atoms with van der Waals surface area (Å²) in [6.07, 6.45) is 1.17. The first-order valence-electron chi connectivity index (χ1n) is 6.04. The van der Waals surface area contributed by atoms with Crippen molar-refractivity contribution >= 4 is 0 Å². The van der Waals surface area contributed by atoms with Crippen LogP contribution in [0.1, 0.15) is 45.7 Å². The predicted octanol–water partition coefficient (Wildman–Crippen LogP) is 3.48. The van der Waals surface area contributed by atoms with Crippen molar-refractivity contribution in [2.75, 3.05) is 0 Å². The molecular weight excluding hydrogens is 198 g/mol. The van der Waals surface area contributed by atoms with Gasteiger partial charge in [-0.15, -0.1) is 0 Å². The van der Waals surface area contributed by atoms with Crippen LogP contribution in [0.5, 0.6) is 5.75 Å². The Kier molecular flexibility index (Phi) is 4.81. The molecule has 2 atom stereocenters. The summed E-state index contributed by atoms with van der Waals surface area (Å²) in [5.41, 5.74) is 1.13. The summed E-state index contributed by atoms with van der Waals surface area (Å²) in [7, 11) is 0. The number of nitrogens with one attached hydrogen (secondary N) is 1. The fourth-order valence-corrected chi connectivity index (χ4v) is 2.09. The lowest BCUT2D eigenvalue weighted by atomic mass is 10.0. The molecular formula is C14H23NO. The Labute approximate surface area is 98.7 Å². The summed E-state index contributed by atoms with van der Waals surface area (Å²) in [4.78, 5) is 0. The Hall–Kier alpha value is -1.02. The Morgan fingerprint density at radius 3 is 2.44 bits per heavy atom. The highest BCUT2D eigenvalue weighted by atomic mass is 16.3. The standard InChI is InChI=1S/C14H23NO/c1-10(2)8-11(3)15-12(4)13-6-5-7-14(16)9-13/h5-7,9-12,15-16H,8H2,1-4H3. The summed E-state index contributed by atoms with van der Waals surface area (Å²) in [6, 6.07) is 8.22. The quantitative estimate of drug-likeness (QED) is 0.798. The van der Waals surface area contributed by atoms with Crippen LogP contribution in [0, 0.1) is 5.92 Å². The highest BCUT2D eigenvalue weighted by molar-refractivity contribution is 5.29. The Morgan fingerprint density at radius 2 is 1.88 bits per heavy atom. The summed E-state index contributed by atoms with van der Waals surface area (Å²) in [5, 5.41) is 13.0. The minimum Gasteiger partial charge on any atom is -0.508 e. The average molecular weight is 221 g/mol. The van der Waals surface area contributed by atoms with E-state index in [1.54, 1.807) is 6.07 Å². The lowest BCUT2D eigenvalue weighted by molar-refractivity contribution is 0.405. The van der Waals surface area contributed by atoms with Gasteiger partial charge in [0.1, 0.15) is 5.75 Å². The van der Waals surface area contributed by atoms with Crippen LogP contribution >= 0.6 is 0 Å². The third kappa shape index (κ3) is 4.23. The van der Waals surface area contributed by atoms with E-state index in [1.165, 1.54) is 6.42 Å². The normalized spacial score (nSPS) is 15.1. The lowest BCUT2D eigenvalue weighted by Crippen LogP contribution is -2.30. The Bertz CT molecular complexity index is 322. The fraction of sp³-hybridized carbons (Fsp3) is 0.571. The SMILES string of the molecule is CC(C)CC(C)NC(C)c1cccc(O)c1. The molecule has 0 amide bonds. The van der Waals surface area contributed by atoms with E-state index in [0.717, 1.165) is 5.56 Å². The first kappa shape index (κ1) is 13.0. The fourth-order valence-electron chi connectivity index (χ4n) is 2.09. The van der Waals surface area contributed by atoms with Gasteiger partial charge in [0.05, 0.1) is 0 Å². The highest BCUT2D eigenvalue weighted by Gasteiger charge is 2.10. The second kappa shape index (κ2) is 5.90. The third-order valence-corrected chi connectivity index (χ3v) is 2.73. The van der Waals surface area contributed by atoms with Gasteiger partial charge >= 0.3 is 0 Å². The maximum atomic E-state index is 9.41. The number of hydrogen-bond acceptors (Lipinski definition) is 2. The average Bonchev–Trinajstić information content (AvgIpc) is 2.16. The van der Waals surface area contributed by atoms with Crippen molar-refractivity contribution in [3.63, 3.8) is 0 Å². The molecule has 1 rings (SSSR count). The Balaban J connectivity index is 2.55. The van der Waals surface area contributed by atoms with E-state index in [0.29, 0.717) is 17.7 Å². The maximum absolute atomic E-state index is 9.41. The Morgan fingerprint density at radius 1 is 1.19 bits per heavy atom. The van der Waals surface area contributed by atoms with Gasteiger partial charge in [-0.05, 0) is 43.9 Å². The van der Waals surface area contributed by atoms with Gasteiger partial charge in [-0.3, -0.25) is 0 Å². The second-order valence-corrected chi connectivity index (χ2v) is 5.01. The van der Waals surface area contributed by atoms with Crippen LogP contribution in [0.4, 0.5) is 0 Å². The molecule has 0 spiro atoms. The van der Waals surface area contributed by atoms with Crippen LogP contribution in [0.2, 0.25) is 0 Å². The van der Waals surface area contributed by atoms with Gasteiger partial charge in [0.25, 0.3) is 0 Å².